The molecular weight excluding hydrogens is 440 g/mol. The van der Waals surface area contributed by atoms with E-state index >= 15 is 0 Å². The normalized spacial score (nSPS) is 15.3. The minimum atomic E-state index is -1.00. The van der Waals surface area contributed by atoms with E-state index in [-0.39, 0.29) is 18.0 Å². The molecule has 1 fully saturated rings. The van der Waals surface area contributed by atoms with Gasteiger partial charge in [-0.15, -0.1) is 0 Å². The van der Waals surface area contributed by atoms with Crippen LogP contribution in [-0.2, 0) is 11.3 Å². The molecular formula is C25H29F2N5O2. The molecule has 34 heavy (non-hydrogen) atoms. The van der Waals surface area contributed by atoms with Gasteiger partial charge in [-0.05, 0) is 43.8 Å². The Kier molecular flexibility index (Phi) is 8.48. The number of carbonyl (C=O) groups is 2. The van der Waals surface area contributed by atoms with Crippen LogP contribution in [-0.4, -0.2) is 62.7 Å². The van der Waals surface area contributed by atoms with Crippen LogP contribution in [0.3, 0.4) is 0 Å². The summed E-state index contributed by atoms with van der Waals surface area (Å²) in [6.07, 6.45) is 1.45. The highest BCUT2D eigenvalue weighted by Gasteiger charge is 2.22. The van der Waals surface area contributed by atoms with Gasteiger partial charge in [0.1, 0.15) is 22.9 Å². The van der Waals surface area contributed by atoms with Gasteiger partial charge in [0.05, 0.1) is 5.70 Å². The summed E-state index contributed by atoms with van der Waals surface area (Å²) in [5.74, 6) is -3.51. The molecule has 7 nitrogen and oxygen atoms in total. The van der Waals surface area contributed by atoms with E-state index in [9.17, 15) is 18.4 Å². The molecule has 1 aliphatic heterocycles. The van der Waals surface area contributed by atoms with E-state index in [2.05, 4.69) is 32.5 Å². The van der Waals surface area contributed by atoms with Crippen LogP contribution in [0.5, 0.6) is 0 Å². The van der Waals surface area contributed by atoms with Crippen molar-refractivity contribution in [2.45, 2.75) is 13.5 Å². The lowest BCUT2D eigenvalue weighted by Gasteiger charge is -2.34. The third kappa shape index (κ3) is 6.05. The van der Waals surface area contributed by atoms with Crippen molar-refractivity contribution in [2.75, 3.05) is 45.2 Å². The fourth-order valence-electron chi connectivity index (χ4n) is 3.67. The van der Waals surface area contributed by atoms with Gasteiger partial charge in [0.2, 0.25) is 0 Å². The van der Waals surface area contributed by atoms with E-state index in [0.717, 1.165) is 49.6 Å². The Bertz CT molecular complexity index is 1070. The van der Waals surface area contributed by atoms with Crippen LogP contribution in [0.15, 0.2) is 59.2 Å². The highest BCUT2D eigenvalue weighted by molar-refractivity contribution is 6.45. The number of amides is 2. The Hall–Kier alpha value is -3.59. The Morgan fingerprint density at radius 1 is 1.03 bits per heavy atom. The number of hydrogen-bond donors (Lipinski definition) is 2. The highest BCUT2D eigenvalue weighted by atomic mass is 19.1. The molecule has 1 heterocycles. The molecule has 2 amide bonds. The molecule has 0 radical (unpaired) electrons. The second-order valence-electron chi connectivity index (χ2n) is 7.96. The number of benzene rings is 2. The van der Waals surface area contributed by atoms with Crippen LogP contribution in [0, 0.1) is 11.6 Å². The van der Waals surface area contributed by atoms with Crippen molar-refractivity contribution in [1.82, 2.24) is 15.5 Å². The summed E-state index contributed by atoms with van der Waals surface area (Å²) < 4.78 is 27.9. The topological polar surface area (TPSA) is 77.0 Å². The van der Waals surface area contributed by atoms with Gasteiger partial charge in [-0.3, -0.25) is 14.6 Å². The van der Waals surface area contributed by atoms with Crippen LogP contribution < -0.4 is 15.5 Å². The number of nitrogens with zero attached hydrogens (tertiary/aromatic N) is 3. The van der Waals surface area contributed by atoms with Crippen molar-refractivity contribution in [3.63, 3.8) is 0 Å². The van der Waals surface area contributed by atoms with Crippen molar-refractivity contribution in [1.29, 1.82) is 0 Å². The minimum absolute atomic E-state index is 0.0538. The number of allylic oxidation sites excluding steroid dienone is 1. The highest BCUT2D eigenvalue weighted by Crippen LogP contribution is 2.17. The molecule has 1 saturated heterocycles. The number of rotatable bonds is 7. The molecule has 0 aliphatic carbocycles. The third-order valence-corrected chi connectivity index (χ3v) is 5.68. The van der Waals surface area contributed by atoms with Crippen molar-refractivity contribution in [3.05, 3.63) is 77.0 Å². The molecule has 2 aromatic rings. The smallest absolute Gasteiger partial charge is 0.271 e. The first-order chi connectivity index (χ1) is 16.3. The van der Waals surface area contributed by atoms with Crippen LogP contribution in [0.1, 0.15) is 22.8 Å². The fraction of sp³-hybridized carbons (Fsp3) is 0.320. The lowest BCUT2D eigenvalue weighted by molar-refractivity contribution is -0.114. The molecule has 0 unspecified atom stereocenters. The van der Waals surface area contributed by atoms with Crippen LogP contribution in [0.25, 0.3) is 0 Å². The Morgan fingerprint density at radius 3 is 2.21 bits per heavy atom. The zero-order valence-electron chi connectivity index (χ0n) is 19.6. The van der Waals surface area contributed by atoms with E-state index < -0.39 is 29.0 Å². The summed E-state index contributed by atoms with van der Waals surface area (Å²) in [5, 5.41) is 5.16. The van der Waals surface area contributed by atoms with Crippen LogP contribution in [0.2, 0.25) is 0 Å². The van der Waals surface area contributed by atoms with Crippen molar-refractivity contribution in [2.24, 2.45) is 4.99 Å². The molecule has 2 aromatic carbocycles. The maximum absolute atomic E-state index is 13.9. The number of carbonyl (C=O) groups excluding carboxylic acids is 2. The Labute approximate surface area is 198 Å². The van der Waals surface area contributed by atoms with Gasteiger partial charge in [-0.1, -0.05) is 24.3 Å². The zero-order valence-corrected chi connectivity index (χ0v) is 19.6. The molecule has 2 N–H and O–H groups in total. The standard InChI is InChI=1S/C25H29F2N5O2/c1-4-21(30-24(33)22-19(26)6-5-7-20(22)27)23(28-2)25(34)29-16-17-8-10-18(11-9-17)32-14-12-31(3)13-15-32/h4-11H,12-16H2,1-3H3,(H,29,34)(H,30,33)/b21-4+,28-23+. The largest absolute Gasteiger partial charge is 0.369 e. The molecule has 0 saturated carbocycles. The quantitative estimate of drug-likeness (QED) is 0.612. The summed E-state index contributed by atoms with van der Waals surface area (Å²) in [7, 11) is 3.51. The number of likely N-dealkylation sites (N-methyl/N-ethyl adjacent to an activating group) is 1. The monoisotopic (exact) mass is 469 g/mol. The minimum Gasteiger partial charge on any atom is -0.369 e. The van der Waals surface area contributed by atoms with Gasteiger partial charge in [-0.25, -0.2) is 8.78 Å². The molecule has 0 bridgehead atoms. The second kappa shape index (κ2) is 11.5. The zero-order chi connectivity index (χ0) is 24.7. The molecule has 0 spiro atoms. The van der Waals surface area contributed by atoms with Crippen LogP contribution >= 0.6 is 0 Å². The van der Waals surface area contributed by atoms with E-state index in [1.807, 2.05) is 24.3 Å². The Balaban J connectivity index is 1.61. The van der Waals surface area contributed by atoms with E-state index in [0.29, 0.717) is 0 Å². The number of piperazine rings is 1. The SMILES string of the molecule is C/C=C(NC(=O)c1c(F)cccc1F)\C(=N/C)C(=O)NCc1ccc(N2CCN(C)CC2)cc1. The van der Waals surface area contributed by atoms with E-state index in [1.165, 1.54) is 19.2 Å². The summed E-state index contributed by atoms with van der Waals surface area (Å²) in [6, 6.07) is 11.1. The van der Waals surface area contributed by atoms with Gasteiger partial charge in [-0.2, -0.15) is 0 Å². The molecule has 0 aromatic heterocycles. The number of hydrogen-bond acceptors (Lipinski definition) is 5. The predicted molar refractivity (Wildman–Crippen MR) is 129 cm³/mol. The summed E-state index contributed by atoms with van der Waals surface area (Å²) in [4.78, 5) is 33.8. The van der Waals surface area contributed by atoms with E-state index in [1.54, 1.807) is 6.92 Å². The maximum atomic E-state index is 13.9. The van der Waals surface area contributed by atoms with Crippen molar-refractivity contribution in [3.8, 4) is 0 Å². The van der Waals surface area contributed by atoms with Crippen molar-refractivity contribution < 1.29 is 18.4 Å². The first-order valence-electron chi connectivity index (χ1n) is 11.0. The predicted octanol–water partition coefficient (Wildman–Crippen LogP) is 2.74. The summed E-state index contributed by atoms with van der Waals surface area (Å²) in [5.41, 5.74) is 1.32. The maximum Gasteiger partial charge on any atom is 0.271 e. The lowest BCUT2D eigenvalue weighted by Crippen LogP contribution is -2.44. The number of anilines is 1. The molecule has 1 aliphatic rings. The van der Waals surface area contributed by atoms with Gasteiger partial charge >= 0.3 is 0 Å². The number of halogens is 2. The number of aliphatic imine (C=N–C) groups is 1. The van der Waals surface area contributed by atoms with Gasteiger partial charge in [0.15, 0.2) is 0 Å². The molecule has 9 heteroatoms. The molecule has 0 atom stereocenters. The first kappa shape index (κ1) is 25.0. The Morgan fingerprint density at radius 2 is 1.65 bits per heavy atom. The van der Waals surface area contributed by atoms with E-state index in [4.69, 9.17) is 0 Å². The van der Waals surface area contributed by atoms with Gasteiger partial charge in [0, 0.05) is 45.5 Å². The average Bonchev–Trinajstić information content (AvgIpc) is 2.83. The third-order valence-electron chi connectivity index (χ3n) is 5.68. The summed E-state index contributed by atoms with van der Waals surface area (Å²) in [6.45, 7) is 5.82. The second-order valence-corrected chi connectivity index (χ2v) is 7.96. The first-order valence-corrected chi connectivity index (χ1v) is 11.0. The molecule has 3 rings (SSSR count). The van der Waals surface area contributed by atoms with Crippen LogP contribution in [0.4, 0.5) is 14.5 Å². The van der Waals surface area contributed by atoms with Gasteiger partial charge in [0.25, 0.3) is 11.8 Å². The fourth-order valence-corrected chi connectivity index (χ4v) is 3.67. The lowest BCUT2D eigenvalue weighted by atomic mass is 10.1. The molecule has 180 valence electrons. The average molecular weight is 470 g/mol. The summed E-state index contributed by atoms with van der Waals surface area (Å²) >= 11 is 0. The number of nitrogens with one attached hydrogen (secondary N) is 2. The van der Waals surface area contributed by atoms with Crippen molar-refractivity contribution >= 4 is 23.2 Å². The van der Waals surface area contributed by atoms with Gasteiger partial charge < -0.3 is 20.4 Å².